The average Bonchev–Trinajstić information content (AvgIpc) is 3.82. The fraction of sp³-hybridized carbons (Fsp3) is 0. The highest BCUT2D eigenvalue weighted by atomic mass is 15.1. The third-order valence-electron chi connectivity index (χ3n) is 11.8. The summed E-state index contributed by atoms with van der Waals surface area (Å²) in [4.78, 5) is 13.4. The first kappa shape index (κ1) is 32.5. The molecule has 0 radical (unpaired) electrons. The highest BCUT2D eigenvalue weighted by Crippen LogP contribution is 2.41. The smallest absolute Gasteiger partial charge is 0.328 e. The molecule has 11 aromatic rings. The number of anilines is 2. The molecule has 12 rings (SSSR count). The van der Waals surface area contributed by atoms with Crippen molar-refractivity contribution in [3.05, 3.63) is 206 Å². The maximum atomic E-state index is 5.48. The van der Waals surface area contributed by atoms with Crippen molar-refractivity contribution in [2.75, 3.05) is 4.81 Å². The lowest BCUT2D eigenvalue weighted by Crippen LogP contribution is -2.57. The monoisotopic (exact) mass is 739 g/mol. The summed E-state index contributed by atoms with van der Waals surface area (Å²) in [6.45, 7) is -0.0411. The van der Waals surface area contributed by atoms with E-state index in [-0.39, 0.29) is 6.85 Å². The standard InChI is InChI=1S/C52H34BN5/c1-2-18-36(19-3-1)53-44-27-10-4-21-38(44)39-22-9-15-32-49(39)58(53)37-20-16-17-35(33-37)52-54-50(56-45-28-11-5-23-40(45)41-24-6-12-29-46(41)56)34-51(55-52)57-47-30-13-7-25-42(47)43-26-8-14-31-48(43)57/h1-34H. The Morgan fingerprint density at radius 2 is 0.862 bits per heavy atom. The molecule has 0 N–H and O–H groups in total. The maximum absolute atomic E-state index is 5.48. The van der Waals surface area contributed by atoms with Crippen molar-refractivity contribution in [3.8, 4) is 34.2 Å². The van der Waals surface area contributed by atoms with Gasteiger partial charge in [-0.25, -0.2) is 9.97 Å². The van der Waals surface area contributed by atoms with E-state index < -0.39 is 0 Å². The van der Waals surface area contributed by atoms with Crippen LogP contribution in [0.5, 0.6) is 0 Å². The zero-order valence-corrected chi connectivity index (χ0v) is 31.4. The Balaban J connectivity index is 1.12. The average molecular weight is 740 g/mol. The number of rotatable bonds is 5. The molecule has 6 heteroatoms. The molecule has 270 valence electrons. The lowest BCUT2D eigenvalue weighted by Gasteiger charge is -2.39. The number of para-hydroxylation sites is 5. The van der Waals surface area contributed by atoms with Gasteiger partial charge in [0.2, 0.25) is 0 Å². The first-order valence-electron chi connectivity index (χ1n) is 19.8. The Labute approximate surface area is 335 Å². The third kappa shape index (κ3) is 4.91. The topological polar surface area (TPSA) is 38.9 Å². The van der Waals surface area contributed by atoms with Crippen LogP contribution in [0.3, 0.4) is 0 Å². The van der Waals surface area contributed by atoms with E-state index >= 15 is 0 Å². The van der Waals surface area contributed by atoms with Gasteiger partial charge in [0.1, 0.15) is 11.6 Å². The Kier molecular flexibility index (Phi) is 7.26. The lowest BCUT2D eigenvalue weighted by molar-refractivity contribution is 0.994. The van der Waals surface area contributed by atoms with Gasteiger partial charge >= 0.3 is 6.85 Å². The van der Waals surface area contributed by atoms with Crippen LogP contribution in [0.4, 0.5) is 11.4 Å². The molecule has 0 atom stereocenters. The summed E-state index contributed by atoms with van der Waals surface area (Å²) in [5, 5.41) is 4.76. The summed E-state index contributed by atoms with van der Waals surface area (Å²) in [5.41, 5.74) is 12.6. The van der Waals surface area contributed by atoms with Crippen LogP contribution in [0.1, 0.15) is 0 Å². The van der Waals surface area contributed by atoms with Gasteiger partial charge in [-0.1, -0.05) is 163 Å². The summed E-state index contributed by atoms with van der Waals surface area (Å²) in [7, 11) is 0. The minimum absolute atomic E-state index is 0.0411. The molecule has 0 amide bonds. The molecule has 1 aliphatic rings. The SMILES string of the molecule is c1ccc(B2c3ccccc3-c3ccccc3N2c2cccc(-c3nc(-n4c5ccccc5c5ccccc54)cc(-n4c5ccccc5c5ccccc54)n3)c2)cc1. The second-order valence-electron chi connectivity index (χ2n) is 15.0. The van der Waals surface area contributed by atoms with E-state index in [0.717, 1.165) is 50.6 Å². The van der Waals surface area contributed by atoms with Crippen LogP contribution in [-0.4, -0.2) is 25.9 Å². The highest BCUT2D eigenvalue weighted by molar-refractivity contribution is 6.90. The van der Waals surface area contributed by atoms with E-state index in [4.69, 9.17) is 9.97 Å². The molecular weight excluding hydrogens is 705 g/mol. The van der Waals surface area contributed by atoms with Gasteiger partial charge in [-0.15, -0.1) is 0 Å². The molecular formula is C52H34BN5. The third-order valence-corrected chi connectivity index (χ3v) is 11.8. The zero-order chi connectivity index (χ0) is 38.2. The van der Waals surface area contributed by atoms with E-state index in [0.29, 0.717) is 5.82 Å². The predicted molar refractivity (Wildman–Crippen MR) is 242 cm³/mol. The van der Waals surface area contributed by atoms with Crippen LogP contribution in [0.25, 0.3) is 77.8 Å². The van der Waals surface area contributed by atoms with Crippen LogP contribution in [0.2, 0.25) is 0 Å². The van der Waals surface area contributed by atoms with Gasteiger partial charge in [-0.3, -0.25) is 9.13 Å². The fourth-order valence-electron chi connectivity index (χ4n) is 9.34. The maximum Gasteiger partial charge on any atom is 0.328 e. The van der Waals surface area contributed by atoms with Gasteiger partial charge in [0.15, 0.2) is 5.82 Å². The Morgan fingerprint density at radius 3 is 1.45 bits per heavy atom. The summed E-state index contributed by atoms with van der Waals surface area (Å²) in [5.74, 6) is 2.27. The second-order valence-corrected chi connectivity index (χ2v) is 15.0. The number of hydrogen-bond donors (Lipinski definition) is 0. The van der Waals surface area contributed by atoms with Gasteiger partial charge in [-0.2, -0.15) is 0 Å². The van der Waals surface area contributed by atoms with Gasteiger partial charge in [0.25, 0.3) is 0 Å². The number of nitrogens with zero attached hydrogens (tertiary/aromatic N) is 5. The number of fused-ring (bicyclic) bond motifs is 9. The number of aromatic nitrogens is 4. The van der Waals surface area contributed by atoms with E-state index in [9.17, 15) is 0 Å². The molecule has 0 unspecified atom stereocenters. The van der Waals surface area contributed by atoms with Crippen molar-refractivity contribution in [1.29, 1.82) is 0 Å². The summed E-state index contributed by atoms with van der Waals surface area (Å²) in [6, 6.07) is 73.8. The molecule has 0 saturated carbocycles. The Morgan fingerprint density at radius 1 is 0.379 bits per heavy atom. The van der Waals surface area contributed by atoms with Gasteiger partial charge in [0, 0.05) is 50.1 Å². The highest BCUT2D eigenvalue weighted by Gasteiger charge is 2.37. The van der Waals surface area contributed by atoms with Crippen LogP contribution < -0.4 is 15.7 Å². The molecule has 58 heavy (non-hydrogen) atoms. The first-order chi connectivity index (χ1) is 28.8. The molecule has 0 saturated heterocycles. The molecule has 0 spiro atoms. The predicted octanol–water partition coefficient (Wildman–Crippen LogP) is 11.3. The van der Waals surface area contributed by atoms with Crippen molar-refractivity contribution >= 4 is 72.8 Å². The summed E-state index contributed by atoms with van der Waals surface area (Å²) in [6.07, 6.45) is 0. The number of benzene rings is 8. The molecule has 3 aromatic heterocycles. The van der Waals surface area contributed by atoms with Crippen LogP contribution in [0, 0.1) is 0 Å². The molecule has 0 aliphatic carbocycles. The van der Waals surface area contributed by atoms with Crippen LogP contribution in [-0.2, 0) is 0 Å². The molecule has 4 heterocycles. The van der Waals surface area contributed by atoms with E-state index in [2.05, 4.69) is 220 Å². The lowest BCUT2D eigenvalue weighted by atomic mass is 9.46. The Bertz CT molecular complexity index is 3140. The second kappa shape index (κ2) is 12.9. The number of hydrogen-bond acceptors (Lipinski definition) is 3. The summed E-state index contributed by atoms with van der Waals surface area (Å²) < 4.78 is 4.58. The zero-order valence-electron chi connectivity index (χ0n) is 31.4. The van der Waals surface area contributed by atoms with Crippen molar-refractivity contribution in [2.45, 2.75) is 0 Å². The van der Waals surface area contributed by atoms with Gasteiger partial charge in [-0.05, 0) is 53.5 Å². The first-order valence-corrected chi connectivity index (χ1v) is 19.8. The van der Waals surface area contributed by atoms with Crippen molar-refractivity contribution in [3.63, 3.8) is 0 Å². The van der Waals surface area contributed by atoms with Crippen LogP contribution in [0.15, 0.2) is 206 Å². The molecule has 5 nitrogen and oxygen atoms in total. The van der Waals surface area contributed by atoms with Crippen LogP contribution >= 0.6 is 0 Å². The fourth-order valence-corrected chi connectivity index (χ4v) is 9.34. The van der Waals surface area contributed by atoms with Crippen molar-refractivity contribution in [1.82, 2.24) is 19.1 Å². The largest absolute Gasteiger partial charge is 0.376 e. The van der Waals surface area contributed by atoms with E-state index in [1.165, 1.54) is 43.6 Å². The molecule has 0 fully saturated rings. The van der Waals surface area contributed by atoms with Crippen molar-refractivity contribution < 1.29 is 0 Å². The van der Waals surface area contributed by atoms with E-state index in [1.807, 2.05) is 0 Å². The van der Waals surface area contributed by atoms with Gasteiger partial charge in [0.05, 0.1) is 22.1 Å². The minimum Gasteiger partial charge on any atom is -0.376 e. The minimum atomic E-state index is -0.0411. The van der Waals surface area contributed by atoms with E-state index in [1.54, 1.807) is 0 Å². The molecule has 1 aliphatic heterocycles. The summed E-state index contributed by atoms with van der Waals surface area (Å²) >= 11 is 0. The Hall–Kier alpha value is -7.70. The normalized spacial score (nSPS) is 12.4. The van der Waals surface area contributed by atoms with Crippen molar-refractivity contribution in [2.24, 2.45) is 0 Å². The molecule has 0 bridgehead atoms. The quantitative estimate of drug-likeness (QED) is 0.165. The van der Waals surface area contributed by atoms with Gasteiger partial charge < -0.3 is 4.81 Å². The molecule has 8 aromatic carbocycles.